The predicted octanol–water partition coefficient (Wildman–Crippen LogP) is -1.97. The number of carbonyl (C=O) groups excluding carboxylic acids is 3. The highest BCUT2D eigenvalue weighted by Gasteiger charge is 2.30. The van der Waals surface area contributed by atoms with E-state index >= 15 is 0 Å². The van der Waals surface area contributed by atoms with Crippen LogP contribution in [-0.2, 0) is 40.7 Å². The number of nitrogens with two attached hydrogens (primary N) is 1. The number of hydrogen-bond acceptors (Lipinski definition) is 11. The molecule has 16 heteroatoms. The predicted molar refractivity (Wildman–Crippen MR) is 151 cm³/mol. The van der Waals surface area contributed by atoms with Gasteiger partial charge in [-0.15, -0.1) is 0 Å². The average Bonchev–Trinajstić information content (AvgIpc) is 2.90. The monoisotopic (exact) mass is 597 g/mol. The third kappa shape index (κ3) is 11.0. The number of rotatable bonds is 16. The highest BCUT2D eigenvalue weighted by atomic mass is 32.2. The van der Waals surface area contributed by atoms with Gasteiger partial charge in [-0.3, -0.25) is 19.1 Å². The zero-order valence-corrected chi connectivity index (χ0v) is 23.8. The molecule has 0 saturated heterocycles. The Morgan fingerprint density at radius 2 is 1.85 bits per heavy atom. The minimum Gasteiger partial charge on any atom is -0.331 e. The summed E-state index contributed by atoms with van der Waals surface area (Å²) in [6.07, 6.45) is 7.48. The maximum atomic E-state index is 13.2. The number of sulfonamides is 1. The van der Waals surface area contributed by atoms with Gasteiger partial charge in [0.15, 0.2) is 16.1 Å². The molecule has 2 rings (SSSR count). The van der Waals surface area contributed by atoms with Gasteiger partial charge in [-0.2, -0.15) is 5.53 Å². The summed E-state index contributed by atoms with van der Waals surface area (Å²) in [6, 6.07) is 7.27. The molecule has 40 heavy (non-hydrogen) atoms. The maximum Gasteiger partial charge on any atom is 0.270 e. The molecule has 14 nitrogen and oxygen atoms in total. The van der Waals surface area contributed by atoms with E-state index in [9.17, 15) is 31.2 Å². The molecule has 0 aromatic heterocycles. The van der Waals surface area contributed by atoms with Crippen LogP contribution in [0.3, 0.4) is 0 Å². The van der Waals surface area contributed by atoms with E-state index in [0.717, 1.165) is 28.4 Å². The second-order valence-corrected chi connectivity index (χ2v) is 13.0. The van der Waals surface area contributed by atoms with E-state index < -0.39 is 54.9 Å². The molecule has 1 aromatic carbocycles. The lowest BCUT2D eigenvalue weighted by Crippen LogP contribution is -2.46. The zero-order valence-electron chi connectivity index (χ0n) is 22.2. The van der Waals surface area contributed by atoms with Crippen LogP contribution >= 0.6 is 0 Å². The minimum absolute atomic E-state index is 0.0302. The van der Waals surface area contributed by atoms with Crippen molar-refractivity contribution in [2.45, 2.75) is 18.1 Å². The number of hydrogen-bond donors (Lipinski definition) is 6. The topological polar surface area (TPSA) is 209 Å². The van der Waals surface area contributed by atoms with Gasteiger partial charge in [0.25, 0.3) is 5.91 Å². The van der Waals surface area contributed by atoms with Crippen molar-refractivity contribution in [2.24, 2.45) is 5.73 Å². The molecule has 1 unspecified atom stereocenters. The fourth-order valence-corrected chi connectivity index (χ4v) is 5.31. The van der Waals surface area contributed by atoms with Gasteiger partial charge in [-0.1, -0.05) is 42.5 Å². The first-order chi connectivity index (χ1) is 18.9. The van der Waals surface area contributed by atoms with Crippen molar-refractivity contribution in [2.75, 3.05) is 38.8 Å². The number of hydrazine groups is 2. The van der Waals surface area contributed by atoms with Gasteiger partial charge in [0.05, 0.1) is 24.7 Å². The lowest BCUT2D eigenvalue weighted by Gasteiger charge is -2.23. The number of sulfone groups is 1. The molecular weight excluding hydrogens is 562 g/mol. The van der Waals surface area contributed by atoms with Crippen LogP contribution in [0.5, 0.6) is 0 Å². The van der Waals surface area contributed by atoms with E-state index in [2.05, 4.69) is 26.4 Å². The number of likely N-dealkylation sites (N-methyl/N-ethyl adjacent to an activating group) is 1. The van der Waals surface area contributed by atoms with Crippen LogP contribution in [0.1, 0.15) is 17.5 Å². The van der Waals surface area contributed by atoms with Gasteiger partial charge < -0.3 is 16.0 Å². The Balaban J connectivity index is 2.10. The zero-order chi connectivity index (χ0) is 29.8. The molecule has 220 valence electrons. The number of fused-ring (bicyclic) bond motifs is 1. The van der Waals surface area contributed by atoms with E-state index in [0.29, 0.717) is 19.3 Å². The summed E-state index contributed by atoms with van der Waals surface area (Å²) in [4.78, 5) is 37.8. The highest BCUT2D eigenvalue weighted by Crippen LogP contribution is 2.23. The first kappa shape index (κ1) is 32.8. The normalized spacial score (nSPS) is 15.7. The Labute approximate surface area is 234 Å². The summed E-state index contributed by atoms with van der Waals surface area (Å²) < 4.78 is 52.1. The van der Waals surface area contributed by atoms with E-state index in [-0.39, 0.29) is 18.8 Å². The Morgan fingerprint density at radius 1 is 1.12 bits per heavy atom. The molecule has 0 saturated carbocycles. The molecule has 0 aliphatic heterocycles. The fraction of sp³-hybridized carbons (Fsp3) is 0.375. The number of carbonyl (C=O) groups is 3. The van der Waals surface area contributed by atoms with Crippen molar-refractivity contribution in [1.29, 1.82) is 0 Å². The van der Waals surface area contributed by atoms with Crippen LogP contribution in [-0.4, -0.2) is 83.9 Å². The van der Waals surface area contributed by atoms with Crippen LogP contribution in [0.4, 0.5) is 0 Å². The maximum absolute atomic E-state index is 13.2. The first-order valence-corrected chi connectivity index (χ1v) is 15.7. The van der Waals surface area contributed by atoms with Crippen molar-refractivity contribution in [3.05, 3.63) is 65.0 Å². The summed E-state index contributed by atoms with van der Waals surface area (Å²) >= 11 is 0. The standard InChI is InChI=1S/C24H35N7O7S2/c1-31(15-23(33)28-20(16-32)8-5-12-26-30-27-17-25)24(34)22(11-13-39(2,35)36)29-40(37,38)21-10-9-18-6-3-4-7-19(18)14-21/h3-4,6-11,16,21,26-27,29-30H,5,12-15,17,25H2,1-2H3,(H,28,33)/b20-8-,22-11+. The molecular formula is C24H35N7O7S2. The number of amides is 2. The third-order valence-corrected chi connectivity index (χ3v) is 7.89. The van der Waals surface area contributed by atoms with Crippen molar-refractivity contribution >= 4 is 44.0 Å². The lowest BCUT2D eigenvalue weighted by molar-refractivity contribution is -0.131. The minimum atomic E-state index is -4.17. The molecule has 7 N–H and O–H groups in total. The summed E-state index contributed by atoms with van der Waals surface area (Å²) in [5, 5.41) is 1.36. The number of allylic oxidation sites excluding steroid dienone is 1. The highest BCUT2D eigenvalue weighted by molar-refractivity contribution is 7.91. The summed E-state index contributed by atoms with van der Waals surface area (Å²) in [7, 11) is -6.52. The second kappa shape index (κ2) is 15.4. The van der Waals surface area contributed by atoms with Crippen LogP contribution in [0.25, 0.3) is 6.08 Å². The van der Waals surface area contributed by atoms with E-state index in [1.54, 1.807) is 18.2 Å². The van der Waals surface area contributed by atoms with Gasteiger partial charge >= 0.3 is 0 Å². The van der Waals surface area contributed by atoms with Crippen molar-refractivity contribution < 1.29 is 31.2 Å². The third-order valence-electron chi connectivity index (χ3n) is 5.49. The quantitative estimate of drug-likeness (QED) is 0.0405. The largest absolute Gasteiger partial charge is 0.331 e. The summed E-state index contributed by atoms with van der Waals surface area (Å²) in [5.74, 6) is -2.26. The van der Waals surface area contributed by atoms with E-state index in [4.69, 9.17) is 5.73 Å². The number of nitrogens with zero attached hydrogens (tertiary/aromatic N) is 1. The smallest absolute Gasteiger partial charge is 0.270 e. The second-order valence-electron chi connectivity index (χ2n) is 8.87. The lowest BCUT2D eigenvalue weighted by atomic mass is 9.97. The summed E-state index contributed by atoms with van der Waals surface area (Å²) in [5.41, 5.74) is 14.4. The van der Waals surface area contributed by atoms with Crippen molar-refractivity contribution in [3.8, 4) is 0 Å². The molecule has 0 heterocycles. The Kier molecular flexibility index (Phi) is 12.6. The SMILES string of the molecule is CN(CC(=O)N/C(C=O)=C\CCNNNCN)C(=O)/C(=C\CS(C)(=O)=O)NS(=O)(=O)C1C=Cc2ccccc2C1. The van der Waals surface area contributed by atoms with Crippen molar-refractivity contribution in [1.82, 2.24) is 31.3 Å². The molecule has 1 atom stereocenters. The molecule has 0 fully saturated rings. The van der Waals surface area contributed by atoms with Gasteiger partial charge in [-0.25, -0.2) is 27.7 Å². The molecule has 1 aromatic rings. The Hall–Kier alpha value is -3.41. The van der Waals surface area contributed by atoms with E-state index in [1.165, 1.54) is 19.2 Å². The Bertz CT molecular complexity index is 1370. The van der Waals surface area contributed by atoms with Crippen LogP contribution in [0.2, 0.25) is 0 Å². The molecule has 0 spiro atoms. The van der Waals surface area contributed by atoms with Crippen LogP contribution < -0.4 is 32.2 Å². The fourth-order valence-electron chi connectivity index (χ4n) is 3.53. The van der Waals surface area contributed by atoms with Gasteiger partial charge in [0.2, 0.25) is 15.9 Å². The number of aldehydes is 1. The number of benzene rings is 1. The van der Waals surface area contributed by atoms with Gasteiger partial charge in [-0.05, 0) is 30.0 Å². The van der Waals surface area contributed by atoms with Gasteiger partial charge in [0, 0.05) is 19.8 Å². The average molecular weight is 598 g/mol. The van der Waals surface area contributed by atoms with Gasteiger partial charge in [0.1, 0.15) is 10.9 Å². The molecule has 0 radical (unpaired) electrons. The van der Waals surface area contributed by atoms with Crippen LogP contribution in [0.15, 0.2) is 53.9 Å². The molecule has 0 bridgehead atoms. The summed E-state index contributed by atoms with van der Waals surface area (Å²) in [6.45, 7) is 0.0530. The van der Waals surface area contributed by atoms with E-state index in [1.807, 2.05) is 12.1 Å². The first-order valence-electron chi connectivity index (χ1n) is 12.1. The van der Waals surface area contributed by atoms with Crippen molar-refractivity contribution in [3.63, 3.8) is 0 Å². The molecule has 1 aliphatic rings. The number of nitrogens with one attached hydrogen (secondary N) is 5. The Morgan fingerprint density at radius 3 is 2.52 bits per heavy atom. The molecule has 2 amide bonds. The molecule has 1 aliphatic carbocycles. The van der Waals surface area contributed by atoms with Crippen LogP contribution in [0, 0.1) is 0 Å².